The summed E-state index contributed by atoms with van der Waals surface area (Å²) in [5, 5.41) is 2.85. The molecule has 1 saturated heterocycles. The molecule has 1 N–H and O–H groups in total. The number of carbonyl (C=O) groups is 3. The average molecular weight is 430 g/mol. The fraction of sp³-hybridized carbons (Fsp3) is 0.625. The predicted molar refractivity (Wildman–Crippen MR) is 116 cm³/mol. The Morgan fingerprint density at radius 2 is 1.68 bits per heavy atom. The van der Waals surface area contributed by atoms with Crippen molar-refractivity contribution in [2.75, 3.05) is 31.1 Å². The number of halogens is 1. The van der Waals surface area contributed by atoms with Crippen molar-refractivity contribution in [1.82, 2.24) is 10.2 Å². The topological polar surface area (TPSA) is 69.7 Å². The molecular weight excluding hydrogens is 397 g/mol. The van der Waals surface area contributed by atoms with Crippen molar-refractivity contribution in [3.05, 3.63) is 29.6 Å². The summed E-state index contributed by atoms with van der Waals surface area (Å²) in [4.78, 5) is 40.9. The molecule has 0 unspecified atom stereocenters. The second-order valence-electron chi connectivity index (χ2n) is 9.21. The molecule has 0 bridgehead atoms. The van der Waals surface area contributed by atoms with Gasteiger partial charge in [-0.3, -0.25) is 14.4 Å². The quantitative estimate of drug-likeness (QED) is 0.754. The molecule has 2 amide bonds. The number of rotatable bonds is 6. The maximum atomic E-state index is 14.9. The van der Waals surface area contributed by atoms with E-state index < -0.39 is 17.8 Å². The van der Waals surface area contributed by atoms with Gasteiger partial charge in [-0.25, -0.2) is 4.39 Å². The minimum atomic E-state index is -0.507. The van der Waals surface area contributed by atoms with Gasteiger partial charge < -0.3 is 15.1 Å². The summed E-state index contributed by atoms with van der Waals surface area (Å²) in [7, 11) is 0. The molecule has 0 aromatic heterocycles. The number of amides is 2. The Kier molecular flexibility index (Phi) is 6.58. The number of hydrogen-bond donors (Lipinski definition) is 1. The highest BCUT2D eigenvalue weighted by molar-refractivity contribution is 5.98. The lowest BCUT2D eigenvalue weighted by atomic mass is 9.82. The minimum Gasteiger partial charge on any atom is -0.366 e. The number of anilines is 1. The van der Waals surface area contributed by atoms with Gasteiger partial charge in [0.2, 0.25) is 5.91 Å². The van der Waals surface area contributed by atoms with Crippen LogP contribution in [0.25, 0.3) is 0 Å². The lowest BCUT2D eigenvalue weighted by Crippen LogP contribution is -2.49. The third-order valence-electron chi connectivity index (χ3n) is 6.91. The summed E-state index contributed by atoms with van der Waals surface area (Å²) in [6.07, 6.45) is 7.18. The highest BCUT2D eigenvalue weighted by Gasteiger charge is 2.35. The maximum absolute atomic E-state index is 14.9. The Hall–Kier alpha value is -2.44. The summed E-state index contributed by atoms with van der Waals surface area (Å²) < 4.78 is 14.9. The van der Waals surface area contributed by atoms with Crippen LogP contribution in [0.4, 0.5) is 10.1 Å². The Balaban J connectivity index is 1.38. The Morgan fingerprint density at radius 3 is 2.26 bits per heavy atom. The van der Waals surface area contributed by atoms with Crippen LogP contribution >= 0.6 is 0 Å². The number of piperazine rings is 1. The zero-order chi connectivity index (χ0) is 22.0. The van der Waals surface area contributed by atoms with E-state index in [2.05, 4.69) is 5.32 Å². The van der Waals surface area contributed by atoms with Crippen LogP contribution < -0.4 is 10.2 Å². The van der Waals surface area contributed by atoms with E-state index in [1.165, 1.54) is 19.4 Å². The summed E-state index contributed by atoms with van der Waals surface area (Å²) in [6.45, 7) is 3.86. The van der Waals surface area contributed by atoms with Crippen molar-refractivity contribution in [2.45, 2.75) is 57.9 Å². The smallest absolute Gasteiger partial charge is 0.251 e. The molecule has 1 aromatic carbocycles. The molecule has 4 rings (SSSR count). The van der Waals surface area contributed by atoms with Crippen molar-refractivity contribution in [3.8, 4) is 0 Å². The Bertz CT molecular complexity index is 840. The molecule has 2 saturated carbocycles. The van der Waals surface area contributed by atoms with E-state index in [4.69, 9.17) is 0 Å². The van der Waals surface area contributed by atoms with E-state index in [-0.39, 0.29) is 29.1 Å². The van der Waals surface area contributed by atoms with Gasteiger partial charge in [-0.2, -0.15) is 0 Å². The van der Waals surface area contributed by atoms with Gasteiger partial charge in [-0.05, 0) is 56.7 Å². The Morgan fingerprint density at radius 1 is 1.00 bits per heavy atom. The lowest BCUT2D eigenvalue weighted by molar-refractivity contribution is -0.132. The van der Waals surface area contributed by atoms with Crippen LogP contribution in [0.3, 0.4) is 0 Å². The molecular formula is C24H32FN3O3. The van der Waals surface area contributed by atoms with Gasteiger partial charge in [-0.1, -0.05) is 19.3 Å². The highest BCUT2D eigenvalue weighted by Crippen LogP contribution is 2.32. The van der Waals surface area contributed by atoms with E-state index in [9.17, 15) is 18.8 Å². The summed E-state index contributed by atoms with van der Waals surface area (Å²) in [6, 6.07) is 4.00. The molecule has 3 fully saturated rings. The molecule has 7 heteroatoms. The Labute approximate surface area is 183 Å². The second-order valence-corrected chi connectivity index (χ2v) is 9.21. The van der Waals surface area contributed by atoms with E-state index in [1.807, 2.05) is 9.80 Å². The van der Waals surface area contributed by atoms with Gasteiger partial charge in [0.05, 0.1) is 11.7 Å². The van der Waals surface area contributed by atoms with Crippen molar-refractivity contribution in [2.24, 2.45) is 11.8 Å². The van der Waals surface area contributed by atoms with Crippen LogP contribution in [0.2, 0.25) is 0 Å². The third-order valence-corrected chi connectivity index (χ3v) is 6.91. The van der Waals surface area contributed by atoms with Gasteiger partial charge in [0.1, 0.15) is 5.82 Å². The van der Waals surface area contributed by atoms with Crippen LogP contribution in [-0.2, 0) is 9.59 Å². The molecule has 2 aliphatic carbocycles. The van der Waals surface area contributed by atoms with Gasteiger partial charge in [0.15, 0.2) is 5.78 Å². The van der Waals surface area contributed by atoms with E-state index >= 15 is 0 Å². The molecule has 1 aromatic rings. The number of nitrogens with one attached hydrogen (secondary N) is 1. The molecule has 1 heterocycles. The van der Waals surface area contributed by atoms with Crippen LogP contribution in [-0.4, -0.2) is 54.7 Å². The van der Waals surface area contributed by atoms with Crippen LogP contribution in [0.1, 0.15) is 62.2 Å². The standard InChI is InChI=1S/C24H32FN3O3/c1-16(29)22(17-5-3-2-4-6-17)26-23(30)19-9-10-21(20(25)15-19)27-11-13-28(14-12-27)24(31)18-7-8-18/h9-10,15,17-18,22H,2-8,11-14H2,1H3,(H,26,30)/t22-/m0/s1. The first-order valence-electron chi connectivity index (χ1n) is 11.6. The summed E-state index contributed by atoms with van der Waals surface area (Å²) in [5.41, 5.74) is 0.677. The molecule has 0 radical (unpaired) electrons. The molecule has 3 aliphatic rings. The normalized spacial score (nSPS) is 21.0. The fourth-order valence-corrected chi connectivity index (χ4v) is 4.90. The molecule has 1 aliphatic heterocycles. The molecule has 1 atom stereocenters. The summed E-state index contributed by atoms with van der Waals surface area (Å²) >= 11 is 0. The largest absolute Gasteiger partial charge is 0.366 e. The minimum absolute atomic E-state index is 0.0454. The van der Waals surface area contributed by atoms with Gasteiger partial charge in [-0.15, -0.1) is 0 Å². The van der Waals surface area contributed by atoms with E-state index in [0.717, 1.165) is 38.5 Å². The van der Waals surface area contributed by atoms with Gasteiger partial charge in [0, 0.05) is 37.7 Å². The molecule has 0 spiro atoms. The van der Waals surface area contributed by atoms with Gasteiger partial charge in [0.25, 0.3) is 5.91 Å². The maximum Gasteiger partial charge on any atom is 0.251 e. The van der Waals surface area contributed by atoms with Crippen molar-refractivity contribution >= 4 is 23.3 Å². The van der Waals surface area contributed by atoms with Crippen LogP contribution in [0, 0.1) is 17.7 Å². The summed E-state index contributed by atoms with van der Waals surface area (Å²) in [5.74, 6) is -0.314. The predicted octanol–water partition coefficient (Wildman–Crippen LogP) is 3.15. The average Bonchev–Trinajstić information content (AvgIpc) is 3.63. The van der Waals surface area contributed by atoms with Crippen LogP contribution in [0.15, 0.2) is 18.2 Å². The van der Waals surface area contributed by atoms with Crippen molar-refractivity contribution in [1.29, 1.82) is 0 Å². The number of nitrogens with zero attached hydrogens (tertiary/aromatic N) is 2. The number of ketones is 1. The van der Waals surface area contributed by atoms with Crippen molar-refractivity contribution in [3.63, 3.8) is 0 Å². The second kappa shape index (κ2) is 9.37. The number of carbonyl (C=O) groups excluding carboxylic acids is 3. The monoisotopic (exact) mass is 429 g/mol. The molecule has 168 valence electrons. The van der Waals surface area contributed by atoms with Crippen molar-refractivity contribution < 1.29 is 18.8 Å². The molecule has 31 heavy (non-hydrogen) atoms. The van der Waals surface area contributed by atoms with E-state index in [0.29, 0.717) is 31.9 Å². The third kappa shape index (κ3) is 5.08. The molecule has 6 nitrogen and oxygen atoms in total. The first-order chi connectivity index (χ1) is 14.9. The first-order valence-corrected chi connectivity index (χ1v) is 11.6. The fourth-order valence-electron chi connectivity index (χ4n) is 4.90. The van der Waals surface area contributed by atoms with Crippen LogP contribution in [0.5, 0.6) is 0 Å². The zero-order valence-electron chi connectivity index (χ0n) is 18.2. The lowest BCUT2D eigenvalue weighted by Gasteiger charge is -2.36. The SMILES string of the molecule is CC(=O)[C@H](NC(=O)c1ccc(N2CCN(C(=O)C3CC3)CC2)c(F)c1)C1CCCCC1. The number of Topliss-reactive ketones (excluding diaryl/α,β-unsaturated/α-hetero) is 1. The first kappa shape index (κ1) is 21.8. The highest BCUT2D eigenvalue weighted by atomic mass is 19.1. The van der Waals surface area contributed by atoms with Gasteiger partial charge >= 0.3 is 0 Å². The number of hydrogen-bond acceptors (Lipinski definition) is 4. The van der Waals surface area contributed by atoms with E-state index in [1.54, 1.807) is 12.1 Å². The number of benzene rings is 1. The zero-order valence-corrected chi connectivity index (χ0v) is 18.2.